The lowest BCUT2D eigenvalue weighted by Crippen LogP contribution is -2.28. The molecule has 0 bridgehead atoms. The van der Waals surface area contributed by atoms with Crippen LogP contribution in [0.4, 0.5) is 16.0 Å². The maximum atomic E-state index is 14.5. The first kappa shape index (κ1) is 25.9. The number of benzene rings is 2. The van der Waals surface area contributed by atoms with Gasteiger partial charge in [-0.05, 0) is 44.0 Å². The quantitative estimate of drug-likeness (QED) is 0.321. The van der Waals surface area contributed by atoms with Crippen molar-refractivity contribution in [2.45, 2.75) is 26.1 Å². The van der Waals surface area contributed by atoms with Crippen LogP contribution in [0.1, 0.15) is 54.3 Å². The third-order valence-corrected chi connectivity index (χ3v) is 6.11. The summed E-state index contributed by atoms with van der Waals surface area (Å²) < 4.78 is 15.9. The van der Waals surface area contributed by atoms with Crippen molar-refractivity contribution >= 4 is 22.5 Å². The topological polar surface area (TPSA) is 148 Å². The Hall–Kier alpha value is -5.68. The minimum atomic E-state index is -1.39. The van der Waals surface area contributed by atoms with Crippen LogP contribution in [-0.2, 0) is 0 Å². The minimum absolute atomic E-state index is 0.147. The molecule has 0 spiro atoms. The highest BCUT2D eigenvalue weighted by atomic mass is 19.1. The lowest BCUT2D eigenvalue weighted by molar-refractivity contribution is 0.376. The number of nitrogens with zero attached hydrogens (tertiary/aromatic N) is 7. The number of fused-ring (bicyclic) bond motifs is 1. The number of nitrogen functional groups attached to an aromatic ring is 1. The lowest BCUT2D eigenvalue weighted by Gasteiger charge is -2.21. The summed E-state index contributed by atoms with van der Waals surface area (Å²) in [4.78, 5) is 35.3. The standard InChI is InChI=1S/C29H22FN9O/c1-17(30)22-7-4-8-24-25(22)29(40)39(21-6-3-5-19(13-21)14-31)28(38-24)18(2)37-27-23(26(32)35-16-36-27)10-9-20-15-33-11-12-34-20/h3-8,11-13,15-18H,1-2H3,(H3,32,35,36,37). The Morgan fingerprint density at radius 1 is 1.07 bits per heavy atom. The van der Waals surface area contributed by atoms with E-state index in [1.165, 1.54) is 30.2 Å². The number of nitriles is 1. The molecule has 3 heterocycles. The van der Waals surface area contributed by atoms with Gasteiger partial charge in [-0.25, -0.2) is 24.3 Å². The summed E-state index contributed by atoms with van der Waals surface area (Å²) in [5, 5.41) is 12.9. The molecule has 196 valence electrons. The van der Waals surface area contributed by atoms with E-state index in [4.69, 9.17) is 10.7 Å². The van der Waals surface area contributed by atoms with Crippen LogP contribution in [0.25, 0.3) is 16.6 Å². The minimum Gasteiger partial charge on any atom is -0.382 e. The summed E-state index contributed by atoms with van der Waals surface area (Å²) in [6.07, 6.45) is 4.49. The molecule has 0 radical (unpaired) electrons. The maximum absolute atomic E-state index is 14.5. The van der Waals surface area contributed by atoms with E-state index in [0.29, 0.717) is 39.7 Å². The predicted octanol–water partition coefficient (Wildman–Crippen LogP) is 4.02. The van der Waals surface area contributed by atoms with Crippen molar-refractivity contribution < 1.29 is 4.39 Å². The fourth-order valence-electron chi connectivity index (χ4n) is 4.25. The van der Waals surface area contributed by atoms with Crippen LogP contribution >= 0.6 is 0 Å². The number of rotatable bonds is 5. The van der Waals surface area contributed by atoms with Gasteiger partial charge in [0.2, 0.25) is 0 Å². The number of aromatic nitrogens is 6. The number of nitrogens with two attached hydrogens (primary N) is 1. The first-order valence-electron chi connectivity index (χ1n) is 12.2. The SMILES string of the molecule is CC(F)c1cccc2nc(C(C)Nc3ncnc(N)c3C#Cc3cnccn3)n(-c3cccc(C#N)c3)c(=O)c12. The van der Waals surface area contributed by atoms with E-state index in [2.05, 4.69) is 43.2 Å². The number of nitrogens with one attached hydrogen (secondary N) is 1. The number of hydrogen-bond acceptors (Lipinski definition) is 9. The molecule has 0 saturated carbocycles. The van der Waals surface area contributed by atoms with Crippen LogP contribution in [0.2, 0.25) is 0 Å². The second kappa shape index (κ2) is 11.0. The fraction of sp³-hybridized carbons (Fsp3) is 0.138. The molecule has 5 aromatic rings. The van der Waals surface area contributed by atoms with Crippen molar-refractivity contribution in [3.63, 3.8) is 0 Å². The van der Waals surface area contributed by atoms with Crippen molar-refractivity contribution in [2.75, 3.05) is 11.1 Å². The largest absolute Gasteiger partial charge is 0.382 e. The second-order valence-corrected chi connectivity index (χ2v) is 8.82. The smallest absolute Gasteiger partial charge is 0.266 e. The third-order valence-electron chi connectivity index (χ3n) is 6.11. The van der Waals surface area contributed by atoms with Gasteiger partial charge >= 0.3 is 0 Å². The third kappa shape index (κ3) is 5.04. The molecule has 2 unspecified atom stereocenters. The number of halogens is 1. The summed E-state index contributed by atoms with van der Waals surface area (Å²) in [6.45, 7) is 3.16. The molecule has 0 aliphatic heterocycles. The van der Waals surface area contributed by atoms with E-state index in [0.717, 1.165) is 0 Å². The molecule has 0 aliphatic rings. The highest BCUT2D eigenvalue weighted by molar-refractivity contribution is 5.82. The molecule has 5 rings (SSSR count). The molecule has 10 nitrogen and oxygen atoms in total. The van der Waals surface area contributed by atoms with Crippen molar-refractivity contribution in [3.05, 3.63) is 106 Å². The van der Waals surface area contributed by atoms with Crippen LogP contribution in [0.5, 0.6) is 0 Å². The van der Waals surface area contributed by atoms with Gasteiger partial charge in [-0.1, -0.05) is 24.1 Å². The maximum Gasteiger partial charge on any atom is 0.266 e. The summed E-state index contributed by atoms with van der Waals surface area (Å²) in [5.41, 5.74) is 7.77. The molecule has 2 aromatic carbocycles. The monoisotopic (exact) mass is 531 g/mol. The Morgan fingerprint density at radius 2 is 1.90 bits per heavy atom. The average Bonchev–Trinajstić information content (AvgIpc) is 2.97. The molecule has 11 heteroatoms. The number of anilines is 2. The molecule has 3 N–H and O–H groups in total. The van der Waals surface area contributed by atoms with Gasteiger partial charge < -0.3 is 11.1 Å². The van der Waals surface area contributed by atoms with E-state index < -0.39 is 17.8 Å². The number of hydrogen-bond donors (Lipinski definition) is 2. The van der Waals surface area contributed by atoms with Gasteiger partial charge in [-0.2, -0.15) is 5.26 Å². The summed E-state index contributed by atoms with van der Waals surface area (Å²) in [7, 11) is 0. The predicted molar refractivity (Wildman–Crippen MR) is 148 cm³/mol. The van der Waals surface area contributed by atoms with E-state index in [9.17, 15) is 14.4 Å². The van der Waals surface area contributed by atoms with Crippen LogP contribution < -0.4 is 16.6 Å². The number of alkyl halides is 1. The average molecular weight is 532 g/mol. The summed E-state index contributed by atoms with van der Waals surface area (Å²) in [6, 6.07) is 12.9. The highest BCUT2D eigenvalue weighted by Crippen LogP contribution is 2.27. The normalized spacial score (nSPS) is 12.2. The molecule has 0 aliphatic carbocycles. The molecule has 3 aromatic heterocycles. The van der Waals surface area contributed by atoms with Gasteiger partial charge in [0, 0.05) is 18.0 Å². The van der Waals surface area contributed by atoms with Crippen LogP contribution in [0.15, 0.2) is 72.2 Å². The van der Waals surface area contributed by atoms with Crippen LogP contribution in [-0.4, -0.2) is 29.5 Å². The van der Waals surface area contributed by atoms with Crippen molar-refractivity contribution in [2.24, 2.45) is 0 Å². The van der Waals surface area contributed by atoms with Crippen molar-refractivity contribution in [3.8, 4) is 23.6 Å². The van der Waals surface area contributed by atoms with Gasteiger partial charge in [0.05, 0.1) is 40.5 Å². The van der Waals surface area contributed by atoms with Gasteiger partial charge in [0.25, 0.3) is 5.56 Å². The van der Waals surface area contributed by atoms with Gasteiger partial charge in [0.15, 0.2) is 0 Å². The molecular weight excluding hydrogens is 509 g/mol. The van der Waals surface area contributed by atoms with E-state index in [1.807, 2.05) is 0 Å². The molecule has 0 amide bonds. The van der Waals surface area contributed by atoms with Gasteiger partial charge in [0.1, 0.15) is 41.2 Å². The Balaban J connectivity index is 1.67. The Labute approximate surface area is 228 Å². The van der Waals surface area contributed by atoms with E-state index >= 15 is 0 Å². The highest BCUT2D eigenvalue weighted by Gasteiger charge is 2.22. The Morgan fingerprint density at radius 3 is 2.65 bits per heavy atom. The van der Waals surface area contributed by atoms with E-state index in [-0.39, 0.29) is 16.8 Å². The first-order chi connectivity index (χ1) is 19.4. The lowest BCUT2D eigenvalue weighted by atomic mass is 10.1. The summed E-state index contributed by atoms with van der Waals surface area (Å²) in [5.74, 6) is 6.61. The molecule has 0 saturated heterocycles. The fourth-order valence-corrected chi connectivity index (χ4v) is 4.25. The molecule has 2 atom stereocenters. The molecule has 40 heavy (non-hydrogen) atoms. The van der Waals surface area contributed by atoms with Crippen LogP contribution in [0.3, 0.4) is 0 Å². The van der Waals surface area contributed by atoms with Gasteiger partial charge in [-0.15, -0.1) is 0 Å². The zero-order valence-corrected chi connectivity index (χ0v) is 21.5. The van der Waals surface area contributed by atoms with E-state index in [1.54, 1.807) is 55.6 Å². The van der Waals surface area contributed by atoms with Crippen molar-refractivity contribution in [1.82, 2.24) is 29.5 Å². The molecular formula is C29H22FN9O. The Kier molecular flexibility index (Phi) is 7.12. The van der Waals surface area contributed by atoms with Gasteiger partial charge in [-0.3, -0.25) is 14.3 Å². The zero-order valence-electron chi connectivity index (χ0n) is 21.5. The van der Waals surface area contributed by atoms with Crippen molar-refractivity contribution in [1.29, 1.82) is 5.26 Å². The first-order valence-corrected chi connectivity index (χ1v) is 12.2. The summed E-state index contributed by atoms with van der Waals surface area (Å²) >= 11 is 0. The zero-order chi connectivity index (χ0) is 28.2. The molecule has 0 fully saturated rings. The van der Waals surface area contributed by atoms with Crippen LogP contribution in [0, 0.1) is 23.2 Å². The second-order valence-electron chi connectivity index (χ2n) is 8.82. The Bertz CT molecular complexity index is 1890.